The molecule has 0 fully saturated rings. The van der Waals surface area contributed by atoms with Gasteiger partial charge in [-0.3, -0.25) is 14.9 Å². The lowest BCUT2D eigenvalue weighted by molar-refractivity contribution is -0.384. The number of benzene rings is 4. The van der Waals surface area contributed by atoms with Gasteiger partial charge >= 0.3 is 5.97 Å². The molecule has 202 valence electrons. The van der Waals surface area contributed by atoms with E-state index >= 15 is 0 Å². The molecule has 1 heterocycles. The van der Waals surface area contributed by atoms with Gasteiger partial charge in [0.2, 0.25) is 0 Å². The Hall–Kier alpha value is -5.18. The number of nitro benzene ring substituents is 1. The predicted molar refractivity (Wildman–Crippen MR) is 151 cm³/mol. The fraction of sp³-hybridized carbons (Fsp3) is 0.161. The molecule has 1 aliphatic heterocycles. The van der Waals surface area contributed by atoms with Crippen LogP contribution in [0.1, 0.15) is 44.8 Å². The molecule has 4 aromatic rings. The second kappa shape index (κ2) is 11.3. The van der Waals surface area contributed by atoms with Gasteiger partial charge in [-0.05, 0) is 53.4 Å². The molecule has 0 unspecified atom stereocenters. The Morgan fingerprint density at radius 3 is 2.45 bits per heavy atom. The molecule has 0 spiro atoms. The highest BCUT2D eigenvalue weighted by Crippen LogP contribution is 2.34. The predicted octanol–water partition coefficient (Wildman–Crippen LogP) is 5.85. The van der Waals surface area contributed by atoms with Gasteiger partial charge in [-0.25, -0.2) is 4.79 Å². The number of carboxylic acids is 1. The average Bonchev–Trinajstić information content (AvgIpc) is 2.97. The van der Waals surface area contributed by atoms with Crippen molar-refractivity contribution >= 4 is 23.3 Å². The van der Waals surface area contributed by atoms with E-state index in [1.807, 2.05) is 43.3 Å². The molecule has 9 heteroatoms. The summed E-state index contributed by atoms with van der Waals surface area (Å²) in [5, 5.41) is 23.3. The molecule has 0 bridgehead atoms. The van der Waals surface area contributed by atoms with Crippen LogP contribution in [-0.4, -0.2) is 35.1 Å². The molecule has 4 aromatic carbocycles. The number of carboxylic acid groups (broad SMARTS) is 1. The van der Waals surface area contributed by atoms with Gasteiger partial charge in [-0.2, -0.15) is 0 Å². The molecule has 9 nitrogen and oxygen atoms in total. The van der Waals surface area contributed by atoms with E-state index in [1.165, 1.54) is 12.1 Å². The lowest BCUT2D eigenvalue weighted by Crippen LogP contribution is -2.32. The number of carbonyl (C=O) groups is 2. The zero-order valence-corrected chi connectivity index (χ0v) is 21.7. The third kappa shape index (κ3) is 5.63. The summed E-state index contributed by atoms with van der Waals surface area (Å²) in [7, 11) is 0. The Bertz CT molecular complexity index is 1570. The minimum absolute atomic E-state index is 0.00173. The fourth-order valence-electron chi connectivity index (χ4n) is 4.76. The first kappa shape index (κ1) is 26.4. The molecule has 1 atom stereocenters. The number of carbonyl (C=O) groups excluding carboxylic acids is 1. The van der Waals surface area contributed by atoms with Gasteiger partial charge < -0.3 is 20.1 Å². The Balaban J connectivity index is 1.27. The summed E-state index contributed by atoms with van der Waals surface area (Å²) in [4.78, 5) is 37.2. The first-order chi connectivity index (χ1) is 19.3. The maximum atomic E-state index is 13.0. The van der Waals surface area contributed by atoms with Crippen LogP contribution in [0.4, 0.5) is 11.4 Å². The molecule has 2 N–H and O–H groups in total. The Morgan fingerprint density at radius 2 is 1.75 bits per heavy atom. The van der Waals surface area contributed by atoms with Crippen LogP contribution < -0.4 is 15.0 Å². The van der Waals surface area contributed by atoms with Crippen molar-refractivity contribution in [2.45, 2.75) is 19.5 Å². The smallest absolute Gasteiger partial charge is 0.336 e. The molecule has 5 rings (SSSR count). The second-order valence-electron chi connectivity index (χ2n) is 9.54. The van der Waals surface area contributed by atoms with Gasteiger partial charge in [0.05, 0.1) is 28.8 Å². The zero-order chi connectivity index (χ0) is 28.2. The number of amides is 1. The number of non-ortho nitro benzene ring substituents is 1. The summed E-state index contributed by atoms with van der Waals surface area (Å²) in [6.45, 7) is 3.60. The van der Waals surface area contributed by atoms with Gasteiger partial charge in [-0.1, -0.05) is 54.6 Å². The monoisotopic (exact) mass is 537 g/mol. The summed E-state index contributed by atoms with van der Waals surface area (Å²) in [5.74, 6) is -0.612. The van der Waals surface area contributed by atoms with Crippen LogP contribution >= 0.6 is 0 Å². The molecule has 0 aliphatic carbocycles. The number of nitrogens with one attached hydrogen (secondary N) is 1. The second-order valence-corrected chi connectivity index (χ2v) is 9.54. The molecular formula is C31H27N3O6. The van der Waals surface area contributed by atoms with Crippen LogP contribution in [0.25, 0.3) is 11.1 Å². The van der Waals surface area contributed by atoms with Crippen LogP contribution in [0.5, 0.6) is 5.75 Å². The summed E-state index contributed by atoms with van der Waals surface area (Å²) >= 11 is 0. The fourth-order valence-corrected chi connectivity index (χ4v) is 4.76. The lowest BCUT2D eigenvalue weighted by Gasteiger charge is -2.31. The van der Waals surface area contributed by atoms with E-state index in [9.17, 15) is 24.8 Å². The summed E-state index contributed by atoms with van der Waals surface area (Å²) in [5.41, 5.74) is 4.93. The van der Waals surface area contributed by atoms with Crippen LogP contribution in [0.3, 0.4) is 0 Å². The minimum Gasteiger partial charge on any atom is -0.490 e. The van der Waals surface area contributed by atoms with Crippen molar-refractivity contribution in [2.24, 2.45) is 0 Å². The highest BCUT2D eigenvalue weighted by molar-refractivity contribution is 5.96. The highest BCUT2D eigenvalue weighted by Gasteiger charge is 2.21. The first-order valence-corrected chi connectivity index (χ1v) is 12.8. The number of rotatable bonds is 8. The average molecular weight is 538 g/mol. The zero-order valence-electron chi connectivity index (χ0n) is 21.7. The van der Waals surface area contributed by atoms with Crippen molar-refractivity contribution in [3.05, 3.63) is 123 Å². The van der Waals surface area contributed by atoms with Crippen molar-refractivity contribution < 1.29 is 24.4 Å². The van der Waals surface area contributed by atoms with Crippen molar-refractivity contribution in [1.82, 2.24) is 5.32 Å². The largest absolute Gasteiger partial charge is 0.490 e. The van der Waals surface area contributed by atoms with E-state index in [4.69, 9.17) is 4.74 Å². The maximum Gasteiger partial charge on any atom is 0.336 e. The van der Waals surface area contributed by atoms with Crippen LogP contribution in [0.15, 0.2) is 91.0 Å². The van der Waals surface area contributed by atoms with Crippen molar-refractivity contribution in [3.63, 3.8) is 0 Å². The number of ether oxygens (including phenoxy) is 1. The van der Waals surface area contributed by atoms with Crippen LogP contribution in [0.2, 0.25) is 0 Å². The number of hydrogen-bond donors (Lipinski definition) is 2. The highest BCUT2D eigenvalue weighted by atomic mass is 16.6. The number of fused-ring (bicyclic) bond motifs is 1. The molecule has 1 amide bonds. The van der Waals surface area contributed by atoms with Crippen LogP contribution in [-0.2, 0) is 6.54 Å². The van der Waals surface area contributed by atoms with E-state index in [0.717, 1.165) is 22.4 Å². The standard InChI is InChI=1S/C31H27N3O6/c1-20(22-10-13-25(14-11-22)34(38)39)32-30(35)24-12-15-28-29(18-24)40-17-16-33(28)19-21-6-8-23(9-7-21)26-4-2-3-5-27(26)31(36)37/h2-15,18,20H,16-17,19H2,1H3,(H,32,35)(H,36,37)/t20-/m0/s1. The Kier molecular flexibility index (Phi) is 7.46. The molecule has 0 radical (unpaired) electrons. The molecule has 0 saturated carbocycles. The van der Waals surface area contributed by atoms with E-state index < -0.39 is 10.9 Å². The normalized spacial score (nSPS) is 13.1. The molecule has 0 saturated heterocycles. The topological polar surface area (TPSA) is 122 Å². The van der Waals surface area contributed by atoms with Crippen LogP contribution in [0, 0.1) is 10.1 Å². The number of anilines is 1. The van der Waals surface area contributed by atoms with Gasteiger partial charge in [0.25, 0.3) is 11.6 Å². The van der Waals surface area contributed by atoms with E-state index in [1.54, 1.807) is 42.5 Å². The lowest BCUT2D eigenvalue weighted by atomic mass is 9.98. The minimum atomic E-state index is -0.960. The quantitative estimate of drug-likeness (QED) is 0.214. The summed E-state index contributed by atoms with van der Waals surface area (Å²) in [6, 6.07) is 25.9. The molecule has 40 heavy (non-hydrogen) atoms. The third-order valence-corrected chi connectivity index (χ3v) is 6.93. The molecular weight excluding hydrogens is 510 g/mol. The summed E-state index contributed by atoms with van der Waals surface area (Å²) < 4.78 is 5.88. The van der Waals surface area contributed by atoms with Gasteiger partial charge in [0, 0.05) is 24.2 Å². The van der Waals surface area contributed by atoms with Crippen molar-refractivity contribution in [3.8, 4) is 16.9 Å². The summed E-state index contributed by atoms with van der Waals surface area (Å²) in [6.07, 6.45) is 0. The van der Waals surface area contributed by atoms with E-state index in [-0.39, 0.29) is 23.2 Å². The first-order valence-electron chi connectivity index (χ1n) is 12.8. The number of hydrogen-bond acceptors (Lipinski definition) is 6. The van der Waals surface area contributed by atoms with Gasteiger partial charge in [0.15, 0.2) is 0 Å². The van der Waals surface area contributed by atoms with Gasteiger partial charge in [-0.15, -0.1) is 0 Å². The molecule has 1 aliphatic rings. The van der Waals surface area contributed by atoms with Gasteiger partial charge in [0.1, 0.15) is 12.4 Å². The maximum absolute atomic E-state index is 13.0. The Morgan fingerprint density at radius 1 is 1.02 bits per heavy atom. The van der Waals surface area contributed by atoms with E-state index in [2.05, 4.69) is 10.2 Å². The SMILES string of the molecule is C[C@H](NC(=O)c1ccc2c(c1)OCCN2Cc1ccc(-c2ccccc2C(=O)O)cc1)c1ccc([N+](=O)[O-])cc1. The van der Waals surface area contributed by atoms with Crippen molar-refractivity contribution in [1.29, 1.82) is 0 Å². The molecule has 0 aromatic heterocycles. The van der Waals surface area contributed by atoms with Crippen molar-refractivity contribution in [2.75, 3.05) is 18.1 Å². The number of nitrogens with zero attached hydrogens (tertiary/aromatic N) is 2. The number of aromatic carboxylic acids is 1. The Labute approximate surface area is 230 Å². The third-order valence-electron chi connectivity index (χ3n) is 6.93. The van der Waals surface area contributed by atoms with E-state index in [0.29, 0.717) is 36.6 Å². The number of nitro groups is 1.